The van der Waals surface area contributed by atoms with E-state index in [9.17, 15) is 10.2 Å². The number of quaternary nitrogens is 1. The van der Waals surface area contributed by atoms with Crippen molar-refractivity contribution in [1.82, 2.24) is 0 Å². The maximum Gasteiger partial charge on any atom is 0.313 e. The van der Waals surface area contributed by atoms with Crippen LogP contribution < -0.4 is 0 Å². The Morgan fingerprint density at radius 3 is 2.00 bits per heavy atom. The summed E-state index contributed by atoms with van der Waals surface area (Å²) in [7, 11) is 3.74. The van der Waals surface area contributed by atoms with Crippen LogP contribution in [-0.2, 0) is 0 Å². The van der Waals surface area contributed by atoms with Gasteiger partial charge in [-0.2, -0.15) is 0 Å². The Morgan fingerprint density at radius 2 is 1.57 bits per heavy atom. The maximum absolute atomic E-state index is 9.74. The fraction of sp³-hybridized carbons (Fsp3) is 1.00. The zero-order valence-electron chi connectivity index (χ0n) is 10.1. The van der Waals surface area contributed by atoms with E-state index in [-0.39, 0.29) is 4.48 Å². The van der Waals surface area contributed by atoms with E-state index in [1.54, 1.807) is 6.92 Å². The summed E-state index contributed by atoms with van der Waals surface area (Å²) in [6.07, 6.45) is 5.05. The fourth-order valence-electron chi connectivity index (χ4n) is 1.54. The predicted octanol–water partition coefficient (Wildman–Crippen LogP) is 1.69. The third-order valence-electron chi connectivity index (χ3n) is 3.01. The number of hydrogen-bond acceptors (Lipinski definition) is 2. The summed E-state index contributed by atoms with van der Waals surface area (Å²) >= 11 is 0. The first kappa shape index (κ1) is 13.9. The summed E-state index contributed by atoms with van der Waals surface area (Å²) in [5.41, 5.74) is 0. The molecule has 0 amide bonds. The van der Waals surface area contributed by atoms with E-state index in [2.05, 4.69) is 6.92 Å². The molecule has 0 unspecified atom stereocenters. The van der Waals surface area contributed by atoms with Crippen LogP contribution in [0.25, 0.3) is 0 Å². The molecule has 3 nitrogen and oxygen atoms in total. The molecule has 0 bridgehead atoms. The SMILES string of the molecule is CCCCCC[N+](C)(C)C(O)(O)CC. The van der Waals surface area contributed by atoms with Gasteiger partial charge in [-0.3, -0.25) is 4.48 Å². The van der Waals surface area contributed by atoms with Crippen LogP contribution in [0.5, 0.6) is 0 Å². The van der Waals surface area contributed by atoms with E-state index in [1.807, 2.05) is 14.1 Å². The van der Waals surface area contributed by atoms with Crippen LogP contribution in [0.1, 0.15) is 46.0 Å². The van der Waals surface area contributed by atoms with Crippen molar-refractivity contribution in [3.05, 3.63) is 0 Å². The van der Waals surface area contributed by atoms with Crippen molar-refractivity contribution < 1.29 is 14.7 Å². The molecule has 0 fully saturated rings. The van der Waals surface area contributed by atoms with Gasteiger partial charge in [0, 0.05) is 0 Å². The predicted molar refractivity (Wildman–Crippen MR) is 58.6 cm³/mol. The smallest absolute Gasteiger partial charge is 0.313 e. The molecule has 0 aliphatic heterocycles. The minimum atomic E-state index is -1.58. The van der Waals surface area contributed by atoms with E-state index < -0.39 is 5.91 Å². The lowest BCUT2D eigenvalue weighted by atomic mass is 10.1. The highest BCUT2D eigenvalue weighted by molar-refractivity contribution is 4.49. The minimum absolute atomic E-state index is 0.271. The zero-order valence-corrected chi connectivity index (χ0v) is 10.1. The lowest BCUT2D eigenvalue weighted by Gasteiger charge is -2.40. The lowest BCUT2D eigenvalue weighted by Crippen LogP contribution is -2.59. The lowest BCUT2D eigenvalue weighted by molar-refractivity contribution is -0.995. The van der Waals surface area contributed by atoms with Crippen LogP contribution in [-0.4, -0.2) is 41.2 Å². The van der Waals surface area contributed by atoms with Gasteiger partial charge in [-0.15, -0.1) is 0 Å². The van der Waals surface area contributed by atoms with Crippen molar-refractivity contribution in [3.63, 3.8) is 0 Å². The van der Waals surface area contributed by atoms with Crippen molar-refractivity contribution in [3.8, 4) is 0 Å². The molecule has 3 heteroatoms. The summed E-state index contributed by atoms with van der Waals surface area (Å²) in [4.78, 5) is 0. The standard InChI is InChI=1S/C11H26NO2/c1-5-7-8-9-10-12(3,4)11(13,14)6-2/h13-14H,5-10H2,1-4H3/q+1. The average Bonchev–Trinajstić information content (AvgIpc) is 2.12. The molecule has 0 aromatic heterocycles. The number of nitrogens with zero attached hydrogens (tertiary/aromatic N) is 1. The Morgan fingerprint density at radius 1 is 1.00 bits per heavy atom. The fourth-order valence-corrected chi connectivity index (χ4v) is 1.54. The molecular formula is C11H26NO2+. The van der Waals surface area contributed by atoms with Crippen molar-refractivity contribution in [1.29, 1.82) is 0 Å². The van der Waals surface area contributed by atoms with Crippen LogP contribution in [0.4, 0.5) is 0 Å². The molecule has 0 radical (unpaired) electrons. The van der Waals surface area contributed by atoms with Crippen LogP contribution in [0.15, 0.2) is 0 Å². The summed E-state index contributed by atoms with van der Waals surface area (Å²) < 4.78 is 0.271. The molecule has 2 N–H and O–H groups in total. The largest absolute Gasteiger partial charge is 0.319 e. The van der Waals surface area contributed by atoms with Gasteiger partial charge in [0.2, 0.25) is 0 Å². The van der Waals surface area contributed by atoms with Gasteiger partial charge in [0.05, 0.1) is 27.1 Å². The van der Waals surface area contributed by atoms with Gasteiger partial charge in [0.25, 0.3) is 0 Å². The molecule has 0 aromatic rings. The summed E-state index contributed by atoms with van der Waals surface area (Å²) in [6.45, 7) is 4.79. The van der Waals surface area contributed by atoms with Crippen LogP contribution in [0.3, 0.4) is 0 Å². The first-order chi connectivity index (χ1) is 6.37. The monoisotopic (exact) mass is 204 g/mol. The minimum Gasteiger partial charge on any atom is -0.319 e. The summed E-state index contributed by atoms with van der Waals surface area (Å²) in [5, 5.41) is 19.5. The molecule has 0 aromatic carbocycles. The second-order valence-electron chi connectivity index (χ2n) is 4.60. The number of unbranched alkanes of at least 4 members (excludes halogenated alkanes) is 3. The topological polar surface area (TPSA) is 40.5 Å². The highest BCUT2D eigenvalue weighted by atomic mass is 16.5. The van der Waals surface area contributed by atoms with Crippen LogP contribution in [0, 0.1) is 0 Å². The number of rotatable bonds is 7. The molecule has 0 aliphatic rings. The van der Waals surface area contributed by atoms with Crippen molar-refractivity contribution in [2.75, 3.05) is 20.6 Å². The highest BCUT2D eigenvalue weighted by Gasteiger charge is 2.39. The Balaban J connectivity index is 3.94. The second kappa shape index (κ2) is 5.69. The van der Waals surface area contributed by atoms with Crippen LogP contribution in [0.2, 0.25) is 0 Å². The van der Waals surface area contributed by atoms with E-state index in [4.69, 9.17) is 0 Å². The molecule has 86 valence electrons. The number of aliphatic hydroxyl groups is 2. The third kappa shape index (κ3) is 3.95. The van der Waals surface area contributed by atoms with Crippen molar-refractivity contribution in [2.45, 2.75) is 51.9 Å². The van der Waals surface area contributed by atoms with E-state index in [1.165, 1.54) is 19.3 Å². The molecule has 0 atom stereocenters. The maximum atomic E-state index is 9.74. The molecule has 0 saturated carbocycles. The molecule has 0 saturated heterocycles. The van der Waals surface area contributed by atoms with Gasteiger partial charge in [-0.1, -0.05) is 26.7 Å². The molecule has 0 aliphatic carbocycles. The van der Waals surface area contributed by atoms with Crippen molar-refractivity contribution in [2.24, 2.45) is 0 Å². The molecule has 0 heterocycles. The van der Waals surface area contributed by atoms with E-state index in [0.717, 1.165) is 13.0 Å². The Hall–Kier alpha value is -0.120. The van der Waals surface area contributed by atoms with E-state index >= 15 is 0 Å². The Kier molecular flexibility index (Phi) is 5.64. The highest BCUT2D eigenvalue weighted by Crippen LogP contribution is 2.19. The van der Waals surface area contributed by atoms with Crippen LogP contribution >= 0.6 is 0 Å². The number of hydrogen-bond donors (Lipinski definition) is 2. The van der Waals surface area contributed by atoms with Gasteiger partial charge in [0.15, 0.2) is 0 Å². The van der Waals surface area contributed by atoms with Gasteiger partial charge in [0.1, 0.15) is 0 Å². The molecule has 0 rings (SSSR count). The van der Waals surface area contributed by atoms with Gasteiger partial charge in [-0.25, -0.2) is 0 Å². The first-order valence-electron chi connectivity index (χ1n) is 5.65. The quantitative estimate of drug-likeness (QED) is 0.376. The summed E-state index contributed by atoms with van der Waals surface area (Å²) in [6, 6.07) is 0. The Labute approximate surface area is 87.9 Å². The van der Waals surface area contributed by atoms with Gasteiger partial charge < -0.3 is 10.2 Å². The third-order valence-corrected chi connectivity index (χ3v) is 3.01. The Bertz CT molecular complexity index is 155. The molecule has 0 spiro atoms. The van der Waals surface area contributed by atoms with Gasteiger partial charge >= 0.3 is 5.91 Å². The second-order valence-corrected chi connectivity index (χ2v) is 4.60. The van der Waals surface area contributed by atoms with E-state index in [0.29, 0.717) is 6.42 Å². The zero-order chi connectivity index (χ0) is 11.2. The van der Waals surface area contributed by atoms with Crippen molar-refractivity contribution >= 4 is 0 Å². The molecule has 14 heavy (non-hydrogen) atoms. The average molecular weight is 204 g/mol. The van der Waals surface area contributed by atoms with Gasteiger partial charge in [-0.05, 0) is 12.8 Å². The molecular weight excluding hydrogens is 178 g/mol. The summed E-state index contributed by atoms with van der Waals surface area (Å²) in [5.74, 6) is -1.58. The normalized spacial score (nSPS) is 13.3. The first-order valence-corrected chi connectivity index (χ1v) is 5.65.